The second-order valence-electron chi connectivity index (χ2n) is 11.1. The number of carbonyl (C=O) groups is 3. The third-order valence-electron chi connectivity index (χ3n) is 8.66. The van der Waals surface area contributed by atoms with Crippen LogP contribution >= 0.6 is 23.2 Å². The number of hydrogen-bond donors (Lipinski definition) is 2. The summed E-state index contributed by atoms with van der Waals surface area (Å²) in [6.45, 7) is 2.76. The Hall–Kier alpha value is -3.99. The lowest BCUT2D eigenvalue weighted by molar-refractivity contribution is -0.132. The van der Waals surface area contributed by atoms with Crippen molar-refractivity contribution in [3.05, 3.63) is 93.0 Å². The summed E-state index contributed by atoms with van der Waals surface area (Å²) in [5.41, 5.74) is 2.09. The lowest BCUT2D eigenvalue weighted by Crippen LogP contribution is -2.55. The van der Waals surface area contributed by atoms with Gasteiger partial charge in [0.1, 0.15) is 17.3 Å². The van der Waals surface area contributed by atoms with Gasteiger partial charge in [0.2, 0.25) is 17.7 Å². The maximum Gasteiger partial charge on any atom is 0.237 e. The van der Waals surface area contributed by atoms with Gasteiger partial charge in [-0.2, -0.15) is 0 Å². The number of amides is 3. The second-order valence-corrected chi connectivity index (χ2v) is 12.0. The van der Waals surface area contributed by atoms with Crippen molar-refractivity contribution in [3.8, 4) is 18.1 Å². The van der Waals surface area contributed by atoms with E-state index in [0.717, 1.165) is 11.1 Å². The Morgan fingerprint density at radius 1 is 1.05 bits per heavy atom. The molecular weight excluding hydrogens is 573 g/mol. The summed E-state index contributed by atoms with van der Waals surface area (Å²) in [4.78, 5) is 41.6. The van der Waals surface area contributed by atoms with Crippen LogP contribution in [0.5, 0.6) is 5.75 Å². The molecule has 42 heavy (non-hydrogen) atoms. The van der Waals surface area contributed by atoms with Crippen LogP contribution in [-0.2, 0) is 19.8 Å². The first-order valence-electron chi connectivity index (χ1n) is 13.9. The molecule has 2 fully saturated rings. The van der Waals surface area contributed by atoms with E-state index in [0.29, 0.717) is 58.5 Å². The van der Waals surface area contributed by atoms with Crippen LogP contribution in [0.3, 0.4) is 0 Å². The standard InChI is InChI=1S/C33H29Cl2N3O4/c1-3-20-7-10-29(42-24-11-13-38(14-12-24)19(2)39)25(15-20)30-33(27-9-8-23(35)17-28(27)36-32(33)41)18-26(31(40)37-30)21-5-4-6-22(34)16-21/h1,4-10,15-17,24,26,30H,11-14,18H2,2H3,(H,36,41)(H,37,40)/t26-,30-,33-/m1/s1. The lowest BCUT2D eigenvalue weighted by atomic mass is 9.63. The largest absolute Gasteiger partial charge is 0.490 e. The number of piperidine rings is 2. The third-order valence-corrected chi connectivity index (χ3v) is 9.13. The minimum atomic E-state index is -1.19. The van der Waals surface area contributed by atoms with Gasteiger partial charge < -0.3 is 20.3 Å². The monoisotopic (exact) mass is 601 g/mol. The maximum absolute atomic E-state index is 14.2. The highest BCUT2D eigenvalue weighted by Crippen LogP contribution is 2.55. The third kappa shape index (κ3) is 4.89. The molecule has 9 heteroatoms. The van der Waals surface area contributed by atoms with E-state index >= 15 is 0 Å². The van der Waals surface area contributed by atoms with Gasteiger partial charge in [-0.25, -0.2) is 0 Å². The Morgan fingerprint density at radius 3 is 2.52 bits per heavy atom. The number of benzene rings is 3. The first kappa shape index (κ1) is 28.1. The molecule has 2 N–H and O–H groups in total. The van der Waals surface area contributed by atoms with Crippen LogP contribution in [0.25, 0.3) is 0 Å². The Balaban J connectivity index is 1.46. The fourth-order valence-electron chi connectivity index (χ4n) is 6.53. The fraction of sp³-hybridized carbons (Fsp3) is 0.303. The normalized spacial score (nSPS) is 23.6. The van der Waals surface area contributed by atoms with Gasteiger partial charge in [-0.3, -0.25) is 14.4 Å². The first-order chi connectivity index (χ1) is 20.2. The van der Waals surface area contributed by atoms with Gasteiger partial charge in [-0.05, 0) is 60.0 Å². The van der Waals surface area contributed by atoms with Crippen LogP contribution in [0.1, 0.15) is 60.4 Å². The molecule has 0 aromatic heterocycles. The average Bonchev–Trinajstić information content (AvgIpc) is 3.24. The summed E-state index contributed by atoms with van der Waals surface area (Å²) < 4.78 is 6.55. The summed E-state index contributed by atoms with van der Waals surface area (Å²) in [6, 6.07) is 17.1. The fourth-order valence-corrected chi connectivity index (χ4v) is 6.90. The highest BCUT2D eigenvalue weighted by Gasteiger charge is 2.58. The number of rotatable bonds is 4. The van der Waals surface area contributed by atoms with E-state index in [1.807, 2.05) is 18.2 Å². The Morgan fingerprint density at radius 2 is 1.81 bits per heavy atom. The molecule has 0 bridgehead atoms. The number of ether oxygens (including phenoxy) is 1. The minimum absolute atomic E-state index is 0.0413. The molecule has 0 unspecified atom stereocenters. The molecule has 0 saturated carbocycles. The molecule has 214 valence electrons. The highest BCUT2D eigenvalue weighted by atomic mass is 35.5. The number of nitrogens with one attached hydrogen (secondary N) is 2. The molecule has 6 rings (SSSR count). The molecule has 2 saturated heterocycles. The summed E-state index contributed by atoms with van der Waals surface area (Å²) in [6.07, 6.45) is 7.19. The van der Waals surface area contributed by atoms with Crippen LogP contribution in [0.15, 0.2) is 60.7 Å². The molecule has 3 atom stereocenters. The number of nitrogens with zero attached hydrogens (tertiary/aromatic N) is 1. The molecule has 0 aliphatic carbocycles. The van der Waals surface area contributed by atoms with Gasteiger partial charge in [-0.15, -0.1) is 6.42 Å². The van der Waals surface area contributed by atoms with Crippen molar-refractivity contribution in [2.24, 2.45) is 0 Å². The molecular formula is C33H29Cl2N3O4. The first-order valence-corrected chi connectivity index (χ1v) is 14.6. The van der Waals surface area contributed by atoms with Crippen molar-refractivity contribution in [1.82, 2.24) is 10.2 Å². The predicted molar refractivity (Wildman–Crippen MR) is 162 cm³/mol. The number of terminal acetylenes is 1. The molecule has 7 nitrogen and oxygen atoms in total. The van der Waals surface area contributed by atoms with Gasteiger partial charge in [0.15, 0.2) is 0 Å². The number of fused-ring (bicyclic) bond motifs is 2. The van der Waals surface area contributed by atoms with E-state index in [1.54, 1.807) is 54.3 Å². The summed E-state index contributed by atoms with van der Waals surface area (Å²) >= 11 is 12.6. The zero-order valence-corrected chi connectivity index (χ0v) is 24.5. The highest BCUT2D eigenvalue weighted by molar-refractivity contribution is 6.31. The quantitative estimate of drug-likeness (QED) is 0.381. The van der Waals surface area contributed by atoms with Gasteiger partial charge in [0, 0.05) is 59.7 Å². The zero-order chi connectivity index (χ0) is 29.6. The number of carbonyl (C=O) groups excluding carboxylic acids is 3. The number of hydrogen-bond acceptors (Lipinski definition) is 4. The Labute approximate surface area is 254 Å². The molecule has 0 radical (unpaired) electrons. The van der Waals surface area contributed by atoms with E-state index in [-0.39, 0.29) is 30.2 Å². The molecule has 3 aliphatic rings. The van der Waals surface area contributed by atoms with Crippen molar-refractivity contribution < 1.29 is 19.1 Å². The lowest BCUT2D eigenvalue weighted by Gasteiger charge is -2.44. The van der Waals surface area contributed by atoms with E-state index in [1.165, 1.54) is 0 Å². The van der Waals surface area contributed by atoms with Crippen LogP contribution < -0.4 is 15.4 Å². The summed E-state index contributed by atoms with van der Waals surface area (Å²) in [5, 5.41) is 7.21. The molecule has 3 heterocycles. The van der Waals surface area contributed by atoms with Crippen molar-refractivity contribution in [2.75, 3.05) is 18.4 Å². The maximum atomic E-state index is 14.2. The molecule has 1 spiro atoms. The van der Waals surface area contributed by atoms with Crippen LogP contribution in [-0.4, -0.2) is 41.8 Å². The van der Waals surface area contributed by atoms with Gasteiger partial charge in [0.25, 0.3) is 0 Å². The Kier molecular flexibility index (Phi) is 7.38. The topological polar surface area (TPSA) is 87.7 Å². The number of halogens is 2. The van der Waals surface area contributed by atoms with Crippen molar-refractivity contribution in [1.29, 1.82) is 0 Å². The smallest absolute Gasteiger partial charge is 0.237 e. The van der Waals surface area contributed by atoms with Crippen LogP contribution in [0.2, 0.25) is 10.0 Å². The van der Waals surface area contributed by atoms with Crippen LogP contribution in [0.4, 0.5) is 5.69 Å². The number of anilines is 1. The van der Waals surface area contributed by atoms with Crippen molar-refractivity contribution in [3.63, 3.8) is 0 Å². The minimum Gasteiger partial charge on any atom is -0.490 e. The van der Waals surface area contributed by atoms with E-state index in [4.69, 9.17) is 34.4 Å². The van der Waals surface area contributed by atoms with E-state index in [9.17, 15) is 14.4 Å². The van der Waals surface area contributed by atoms with Crippen molar-refractivity contribution >= 4 is 46.6 Å². The average molecular weight is 603 g/mol. The van der Waals surface area contributed by atoms with Crippen molar-refractivity contribution in [2.45, 2.75) is 49.7 Å². The van der Waals surface area contributed by atoms with E-state index in [2.05, 4.69) is 16.6 Å². The summed E-state index contributed by atoms with van der Waals surface area (Å²) in [7, 11) is 0. The van der Waals surface area contributed by atoms with E-state index < -0.39 is 17.4 Å². The zero-order valence-electron chi connectivity index (χ0n) is 23.0. The van der Waals surface area contributed by atoms with Gasteiger partial charge >= 0.3 is 0 Å². The van der Waals surface area contributed by atoms with Gasteiger partial charge in [0.05, 0.1) is 12.0 Å². The molecule has 3 aliphatic heterocycles. The second kappa shape index (κ2) is 11.0. The molecule has 3 aromatic carbocycles. The molecule has 3 aromatic rings. The predicted octanol–water partition coefficient (Wildman–Crippen LogP) is 5.60. The van der Waals surface area contributed by atoms with Gasteiger partial charge in [-0.1, -0.05) is 47.3 Å². The Bertz CT molecular complexity index is 1640. The summed E-state index contributed by atoms with van der Waals surface area (Å²) in [5.74, 6) is 2.15. The SMILES string of the molecule is C#Cc1ccc(OC2CCN(C(C)=O)CC2)c([C@H]2NC(=O)[C@@H](c3cccc(Cl)c3)C[C@]23C(=O)Nc2cc(Cl)ccc23)c1. The number of likely N-dealkylation sites (tertiary alicyclic amines) is 1. The molecule has 3 amide bonds. The van der Waals surface area contributed by atoms with Crippen LogP contribution in [0, 0.1) is 12.3 Å².